The molecule has 1 fully saturated rings. The van der Waals surface area contributed by atoms with Crippen LogP contribution in [-0.2, 0) is 9.47 Å². The van der Waals surface area contributed by atoms with E-state index in [1.165, 1.54) is 18.4 Å². The maximum Gasteiger partial charge on any atom is 0.350 e. The zero-order chi connectivity index (χ0) is 13.3. The minimum Gasteiger partial charge on any atom is -0.465 e. The fraction of sp³-hybridized carbons (Fsp3) is 0.583. The Bertz CT molecular complexity index is 456. The second-order valence-corrected chi connectivity index (χ2v) is 5.92. The Morgan fingerprint density at radius 3 is 2.94 bits per heavy atom. The standard InChI is InChI=1S/C12H18N2O3S/c1-12(2)7-14(4-5-17-12)9-6-8(13)10(18-9)11(15)16-3/h6H,4-5,7,13H2,1-3H3. The molecule has 6 heteroatoms. The number of hydrogen-bond acceptors (Lipinski definition) is 6. The first-order chi connectivity index (χ1) is 8.43. The predicted molar refractivity (Wildman–Crippen MR) is 72.3 cm³/mol. The third kappa shape index (κ3) is 2.59. The molecule has 100 valence electrons. The zero-order valence-corrected chi connectivity index (χ0v) is 11.7. The lowest BCUT2D eigenvalue weighted by molar-refractivity contribution is -0.0275. The largest absolute Gasteiger partial charge is 0.465 e. The molecule has 0 amide bonds. The number of carbonyl (C=O) groups excluding carboxylic acids is 1. The molecule has 2 N–H and O–H groups in total. The number of nitrogen functional groups attached to an aromatic ring is 1. The van der Waals surface area contributed by atoms with Gasteiger partial charge in [0, 0.05) is 13.1 Å². The van der Waals surface area contributed by atoms with Crippen LogP contribution in [0.5, 0.6) is 0 Å². The summed E-state index contributed by atoms with van der Waals surface area (Å²) < 4.78 is 10.4. The van der Waals surface area contributed by atoms with E-state index in [1.807, 2.05) is 6.07 Å². The summed E-state index contributed by atoms with van der Waals surface area (Å²) in [4.78, 5) is 14.2. The van der Waals surface area contributed by atoms with E-state index in [4.69, 9.17) is 15.2 Å². The number of nitrogens with zero attached hydrogens (tertiary/aromatic N) is 1. The molecule has 1 saturated heterocycles. The maximum atomic E-state index is 11.5. The van der Waals surface area contributed by atoms with Crippen LogP contribution >= 0.6 is 11.3 Å². The minimum absolute atomic E-state index is 0.178. The number of methoxy groups -OCH3 is 1. The molecule has 0 aromatic carbocycles. The lowest BCUT2D eigenvalue weighted by Gasteiger charge is -2.38. The van der Waals surface area contributed by atoms with E-state index in [0.29, 0.717) is 17.2 Å². The predicted octanol–water partition coefficient (Wildman–Crippen LogP) is 1.73. The highest BCUT2D eigenvalue weighted by Crippen LogP contribution is 2.34. The molecule has 1 aromatic rings. The van der Waals surface area contributed by atoms with Crippen molar-refractivity contribution in [2.75, 3.05) is 37.4 Å². The summed E-state index contributed by atoms with van der Waals surface area (Å²) in [6.45, 7) is 6.38. The van der Waals surface area contributed by atoms with Gasteiger partial charge in [-0.25, -0.2) is 4.79 Å². The van der Waals surface area contributed by atoms with Gasteiger partial charge in [0.05, 0.1) is 30.0 Å². The third-order valence-corrected chi connectivity index (χ3v) is 4.05. The van der Waals surface area contributed by atoms with Crippen molar-refractivity contribution in [2.45, 2.75) is 19.4 Å². The Hall–Kier alpha value is -1.27. The Balaban J connectivity index is 2.21. The molecule has 0 atom stereocenters. The van der Waals surface area contributed by atoms with Gasteiger partial charge in [0.15, 0.2) is 0 Å². The van der Waals surface area contributed by atoms with Crippen LogP contribution in [-0.4, -0.2) is 38.4 Å². The molecule has 0 unspecified atom stereocenters. The first kappa shape index (κ1) is 13.2. The van der Waals surface area contributed by atoms with Crippen LogP contribution in [0.15, 0.2) is 6.07 Å². The molecular weight excluding hydrogens is 252 g/mol. The molecule has 5 nitrogen and oxygen atoms in total. The quantitative estimate of drug-likeness (QED) is 0.829. The van der Waals surface area contributed by atoms with Gasteiger partial charge < -0.3 is 20.1 Å². The summed E-state index contributed by atoms with van der Waals surface area (Å²) in [5, 5.41) is 0.990. The minimum atomic E-state index is -0.378. The smallest absolute Gasteiger partial charge is 0.350 e. The molecule has 1 aliphatic heterocycles. The van der Waals surface area contributed by atoms with Gasteiger partial charge in [-0.05, 0) is 19.9 Å². The Morgan fingerprint density at radius 2 is 2.33 bits per heavy atom. The number of carbonyl (C=O) groups is 1. The lowest BCUT2D eigenvalue weighted by atomic mass is 10.1. The summed E-state index contributed by atoms with van der Waals surface area (Å²) in [5.74, 6) is -0.378. The van der Waals surface area contributed by atoms with Gasteiger partial charge in [0.25, 0.3) is 0 Å². The topological polar surface area (TPSA) is 64.8 Å². The van der Waals surface area contributed by atoms with Crippen LogP contribution in [0.4, 0.5) is 10.7 Å². The van der Waals surface area contributed by atoms with Crippen LogP contribution in [0, 0.1) is 0 Å². The van der Waals surface area contributed by atoms with E-state index in [9.17, 15) is 4.79 Å². The summed E-state index contributed by atoms with van der Waals surface area (Å²) in [7, 11) is 1.36. The fourth-order valence-corrected chi connectivity index (χ4v) is 3.03. The van der Waals surface area contributed by atoms with Gasteiger partial charge >= 0.3 is 5.97 Å². The second-order valence-electron chi connectivity index (χ2n) is 4.89. The van der Waals surface area contributed by atoms with Crippen molar-refractivity contribution >= 4 is 28.0 Å². The van der Waals surface area contributed by atoms with Gasteiger partial charge in [-0.2, -0.15) is 0 Å². The van der Waals surface area contributed by atoms with Crippen LogP contribution in [0.3, 0.4) is 0 Å². The average molecular weight is 270 g/mol. The Morgan fingerprint density at radius 1 is 1.61 bits per heavy atom. The molecule has 18 heavy (non-hydrogen) atoms. The van der Waals surface area contributed by atoms with E-state index in [0.717, 1.165) is 18.1 Å². The molecule has 2 heterocycles. The van der Waals surface area contributed by atoms with Gasteiger partial charge in [0.1, 0.15) is 4.88 Å². The number of anilines is 2. The molecule has 0 bridgehead atoms. The molecule has 0 spiro atoms. The number of esters is 1. The number of nitrogens with two attached hydrogens (primary N) is 1. The summed E-state index contributed by atoms with van der Waals surface area (Å²) in [6, 6.07) is 1.83. The first-order valence-corrected chi connectivity index (χ1v) is 6.61. The highest BCUT2D eigenvalue weighted by Gasteiger charge is 2.29. The molecule has 0 saturated carbocycles. The van der Waals surface area contributed by atoms with E-state index in [-0.39, 0.29) is 11.6 Å². The van der Waals surface area contributed by atoms with E-state index < -0.39 is 0 Å². The summed E-state index contributed by atoms with van der Waals surface area (Å²) in [6.07, 6.45) is 0. The van der Waals surface area contributed by atoms with E-state index in [2.05, 4.69) is 18.7 Å². The number of morpholine rings is 1. The van der Waals surface area contributed by atoms with Crippen molar-refractivity contribution in [1.29, 1.82) is 0 Å². The van der Waals surface area contributed by atoms with Gasteiger partial charge in [-0.15, -0.1) is 11.3 Å². The highest BCUT2D eigenvalue weighted by atomic mass is 32.1. The third-order valence-electron chi connectivity index (χ3n) is 2.86. The highest BCUT2D eigenvalue weighted by molar-refractivity contribution is 7.18. The molecule has 1 aromatic heterocycles. The van der Waals surface area contributed by atoms with Crippen molar-refractivity contribution < 1.29 is 14.3 Å². The van der Waals surface area contributed by atoms with Crippen molar-refractivity contribution in [3.63, 3.8) is 0 Å². The maximum absolute atomic E-state index is 11.5. The van der Waals surface area contributed by atoms with E-state index >= 15 is 0 Å². The summed E-state index contributed by atoms with van der Waals surface area (Å²) in [5.41, 5.74) is 6.14. The van der Waals surface area contributed by atoms with Gasteiger partial charge in [-0.3, -0.25) is 0 Å². The number of hydrogen-bond donors (Lipinski definition) is 1. The second kappa shape index (κ2) is 4.78. The Kier molecular flexibility index (Phi) is 3.49. The monoisotopic (exact) mass is 270 g/mol. The van der Waals surface area contributed by atoms with Crippen molar-refractivity contribution in [2.24, 2.45) is 0 Å². The molecule has 0 radical (unpaired) electrons. The molecule has 0 aliphatic carbocycles. The molecule has 1 aliphatic rings. The van der Waals surface area contributed by atoms with Crippen molar-refractivity contribution in [3.8, 4) is 0 Å². The lowest BCUT2D eigenvalue weighted by Crippen LogP contribution is -2.48. The van der Waals surface area contributed by atoms with Crippen molar-refractivity contribution in [1.82, 2.24) is 0 Å². The van der Waals surface area contributed by atoms with Crippen LogP contribution in [0.2, 0.25) is 0 Å². The number of thiophene rings is 1. The Labute approximate surface area is 110 Å². The zero-order valence-electron chi connectivity index (χ0n) is 10.9. The van der Waals surface area contributed by atoms with Crippen molar-refractivity contribution in [3.05, 3.63) is 10.9 Å². The van der Waals surface area contributed by atoms with Gasteiger partial charge in [-0.1, -0.05) is 0 Å². The molecular formula is C12H18N2O3S. The fourth-order valence-electron chi connectivity index (χ4n) is 2.00. The number of ether oxygens (including phenoxy) is 2. The van der Waals surface area contributed by atoms with Gasteiger partial charge in [0.2, 0.25) is 0 Å². The van der Waals surface area contributed by atoms with Crippen LogP contribution in [0.1, 0.15) is 23.5 Å². The van der Waals surface area contributed by atoms with E-state index in [1.54, 1.807) is 0 Å². The van der Waals surface area contributed by atoms with Crippen LogP contribution < -0.4 is 10.6 Å². The molecule has 2 rings (SSSR count). The first-order valence-electron chi connectivity index (χ1n) is 5.79. The van der Waals surface area contributed by atoms with Crippen LogP contribution in [0.25, 0.3) is 0 Å². The normalized spacial score (nSPS) is 18.7. The number of rotatable bonds is 2. The SMILES string of the molecule is COC(=O)c1sc(N2CCOC(C)(C)C2)cc1N. The average Bonchev–Trinajstić information content (AvgIpc) is 2.69. The summed E-state index contributed by atoms with van der Waals surface area (Å²) >= 11 is 1.37.